The molecule has 1 aliphatic heterocycles. The van der Waals surface area contributed by atoms with E-state index >= 15 is 0 Å². The highest BCUT2D eigenvalue weighted by Gasteiger charge is 2.74. The summed E-state index contributed by atoms with van der Waals surface area (Å²) in [5, 5.41) is 8.75. The van der Waals surface area contributed by atoms with Crippen molar-refractivity contribution in [3.8, 4) is 0 Å². The number of nitrogens with zero attached hydrogens (tertiary/aromatic N) is 2. The number of ether oxygens (including phenoxy) is 3. The Morgan fingerprint density at radius 2 is 1.85 bits per heavy atom. The average molecular weight is 558 g/mol. The van der Waals surface area contributed by atoms with Crippen molar-refractivity contribution in [3.63, 3.8) is 0 Å². The summed E-state index contributed by atoms with van der Waals surface area (Å²) >= 11 is 0. The lowest BCUT2D eigenvalue weighted by Crippen LogP contribution is -2.59. The molecule has 1 N–H and O–H groups in total. The normalized spacial score (nSPS) is 39.8. The minimum atomic E-state index is -0.970. The maximum Gasteiger partial charge on any atom is 0.427 e. The predicted molar refractivity (Wildman–Crippen MR) is 147 cm³/mol. The Bertz CT molecular complexity index is 1160. The van der Waals surface area contributed by atoms with E-state index in [1.54, 1.807) is 13.8 Å². The summed E-state index contributed by atoms with van der Waals surface area (Å²) in [6, 6.07) is 0. The molecule has 0 spiro atoms. The summed E-state index contributed by atoms with van der Waals surface area (Å²) < 4.78 is 16.0. The molecule has 0 bridgehead atoms. The van der Waals surface area contributed by atoms with Crippen LogP contribution < -0.4 is 5.43 Å². The van der Waals surface area contributed by atoms with Gasteiger partial charge in [-0.15, -0.1) is 0 Å². The van der Waals surface area contributed by atoms with Crippen LogP contribution in [0.2, 0.25) is 0 Å². The second-order valence-electron chi connectivity index (χ2n) is 12.5. The summed E-state index contributed by atoms with van der Waals surface area (Å²) in [6.45, 7) is 12.0. The van der Waals surface area contributed by atoms with E-state index in [0.717, 1.165) is 44.9 Å². The van der Waals surface area contributed by atoms with Gasteiger partial charge >= 0.3 is 18.0 Å². The quantitative estimate of drug-likeness (QED) is 0.162. The van der Waals surface area contributed by atoms with Crippen LogP contribution in [-0.4, -0.2) is 54.4 Å². The Balaban J connectivity index is 1.49. The van der Waals surface area contributed by atoms with Gasteiger partial charge in [-0.1, -0.05) is 30.7 Å². The molecule has 10 nitrogen and oxygen atoms in total. The summed E-state index contributed by atoms with van der Waals surface area (Å²) in [6.07, 6.45) is 7.95. The molecule has 8 atom stereocenters. The SMILES string of the molecule is CCOC(=O)N/N=C(\C)[C@@]12ON=C(C(=O)OCC)[C@@H]1C[C@@H]1[C@@H]3CC=C4C[C@@H](OC(C)=O)CC[C@]4(C)[C@H]3CC[C@@]12C. The zero-order chi connectivity index (χ0) is 28.9. The third-order valence-electron chi connectivity index (χ3n) is 10.8. The van der Waals surface area contributed by atoms with Crippen LogP contribution >= 0.6 is 0 Å². The third-order valence-corrected chi connectivity index (χ3v) is 10.8. The molecule has 1 heterocycles. The zero-order valence-corrected chi connectivity index (χ0v) is 24.6. The van der Waals surface area contributed by atoms with Crippen LogP contribution in [0.3, 0.4) is 0 Å². The summed E-state index contributed by atoms with van der Waals surface area (Å²) in [5.74, 6) is 0.139. The molecule has 5 aliphatic rings. The largest absolute Gasteiger partial charge is 0.462 e. The topological polar surface area (TPSA) is 125 Å². The number of esters is 2. The van der Waals surface area contributed by atoms with Crippen LogP contribution in [0.1, 0.15) is 86.5 Å². The summed E-state index contributed by atoms with van der Waals surface area (Å²) in [5.41, 5.74) is 3.53. The number of hydrogen-bond acceptors (Lipinski definition) is 9. The van der Waals surface area contributed by atoms with Crippen molar-refractivity contribution in [1.29, 1.82) is 0 Å². The van der Waals surface area contributed by atoms with Crippen LogP contribution in [0.5, 0.6) is 0 Å². The lowest BCUT2D eigenvalue weighted by atomic mass is 9.46. The molecule has 0 saturated heterocycles. The van der Waals surface area contributed by atoms with E-state index in [-0.39, 0.29) is 48.0 Å². The van der Waals surface area contributed by atoms with Gasteiger partial charge in [0.15, 0.2) is 11.3 Å². The second-order valence-corrected chi connectivity index (χ2v) is 12.5. The predicted octanol–water partition coefficient (Wildman–Crippen LogP) is 4.92. The Hall–Kier alpha value is -2.91. The molecular formula is C30H43N3O7. The fraction of sp³-hybridized carbons (Fsp3) is 0.767. The smallest absolute Gasteiger partial charge is 0.427 e. The minimum Gasteiger partial charge on any atom is -0.462 e. The first-order valence-electron chi connectivity index (χ1n) is 14.8. The fourth-order valence-electron chi connectivity index (χ4n) is 9.15. The molecule has 3 saturated carbocycles. The van der Waals surface area contributed by atoms with E-state index < -0.39 is 17.7 Å². The highest BCUT2D eigenvalue weighted by Crippen LogP contribution is 2.70. The average Bonchev–Trinajstić information content (AvgIpc) is 3.41. The molecule has 0 unspecified atom stereocenters. The molecule has 1 amide bonds. The maximum absolute atomic E-state index is 13.0. The molecule has 0 radical (unpaired) electrons. The van der Waals surface area contributed by atoms with Gasteiger partial charge in [0.1, 0.15) is 6.10 Å². The fourth-order valence-corrected chi connectivity index (χ4v) is 9.15. The van der Waals surface area contributed by atoms with Crippen molar-refractivity contribution in [3.05, 3.63) is 11.6 Å². The van der Waals surface area contributed by atoms with Crippen LogP contribution in [0.25, 0.3) is 0 Å². The number of carbonyl (C=O) groups excluding carboxylic acids is 3. The van der Waals surface area contributed by atoms with E-state index in [0.29, 0.717) is 23.3 Å². The number of fused-ring (bicyclic) bond motifs is 7. The Labute approximate surface area is 236 Å². The van der Waals surface area contributed by atoms with Gasteiger partial charge in [0.2, 0.25) is 0 Å². The van der Waals surface area contributed by atoms with Gasteiger partial charge in [-0.2, -0.15) is 5.10 Å². The van der Waals surface area contributed by atoms with E-state index in [4.69, 9.17) is 19.0 Å². The van der Waals surface area contributed by atoms with Gasteiger partial charge in [0.25, 0.3) is 0 Å². The minimum absolute atomic E-state index is 0.0427. The van der Waals surface area contributed by atoms with Crippen molar-refractivity contribution in [1.82, 2.24) is 5.43 Å². The number of amides is 1. The number of allylic oxidation sites excluding steroid dienone is 1. The van der Waals surface area contributed by atoms with Gasteiger partial charge < -0.3 is 19.0 Å². The maximum atomic E-state index is 13.0. The summed E-state index contributed by atoms with van der Waals surface area (Å²) in [4.78, 5) is 43.1. The molecule has 0 aromatic heterocycles. The standard InChI is InChI=1S/C30H43N3O7/c1-7-37-26(35)25-24-16-23-21-10-9-19-15-20(39-18(4)34)11-13-28(19,5)22(21)12-14-29(23,6)30(24,40-33-25)17(3)31-32-27(36)38-8-2/h9,20-24H,7-8,10-16H2,1-6H3,(H,32,36)/b31-17+/t20-,21+,22-,23+,24-,28-,29-,30+/m0/s1. The molecule has 3 fully saturated rings. The Morgan fingerprint density at radius 1 is 1.10 bits per heavy atom. The number of nitrogens with one attached hydrogen (secondary N) is 1. The second kappa shape index (κ2) is 10.5. The van der Waals surface area contributed by atoms with Crippen molar-refractivity contribution in [2.75, 3.05) is 13.2 Å². The lowest BCUT2D eigenvalue weighted by molar-refractivity contribution is -0.149. The molecule has 40 heavy (non-hydrogen) atoms. The van der Waals surface area contributed by atoms with Gasteiger partial charge in [-0.25, -0.2) is 15.0 Å². The van der Waals surface area contributed by atoms with Crippen LogP contribution in [0, 0.1) is 34.5 Å². The van der Waals surface area contributed by atoms with Crippen molar-refractivity contribution in [2.24, 2.45) is 44.8 Å². The van der Waals surface area contributed by atoms with E-state index in [1.165, 1.54) is 12.5 Å². The van der Waals surface area contributed by atoms with E-state index in [2.05, 4.69) is 35.6 Å². The van der Waals surface area contributed by atoms with Gasteiger partial charge in [0.05, 0.1) is 24.8 Å². The van der Waals surface area contributed by atoms with E-state index in [1.807, 2.05) is 6.92 Å². The molecule has 10 heteroatoms. The summed E-state index contributed by atoms with van der Waals surface area (Å²) in [7, 11) is 0. The van der Waals surface area contributed by atoms with Crippen LogP contribution in [0.15, 0.2) is 21.9 Å². The Morgan fingerprint density at radius 3 is 2.55 bits per heavy atom. The van der Waals surface area contributed by atoms with Gasteiger partial charge in [-0.05, 0) is 82.5 Å². The van der Waals surface area contributed by atoms with Crippen LogP contribution in [0.4, 0.5) is 4.79 Å². The van der Waals surface area contributed by atoms with Gasteiger partial charge in [0, 0.05) is 18.8 Å². The number of carbonyl (C=O) groups is 3. The third kappa shape index (κ3) is 4.24. The number of hydrazone groups is 1. The zero-order valence-electron chi connectivity index (χ0n) is 24.6. The molecule has 220 valence electrons. The molecule has 4 aliphatic carbocycles. The molecule has 5 rings (SSSR count). The number of rotatable bonds is 6. The first-order chi connectivity index (χ1) is 19.0. The lowest BCUT2D eigenvalue weighted by Gasteiger charge is -2.58. The van der Waals surface area contributed by atoms with Crippen LogP contribution in [-0.2, 0) is 28.6 Å². The monoisotopic (exact) mass is 557 g/mol. The first kappa shape index (κ1) is 28.6. The molecule has 0 aromatic carbocycles. The molecular weight excluding hydrogens is 514 g/mol. The van der Waals surface area contributed by atoms with Crippen molar-refractivity contribution >= 4 is 29.5 Å². The van der Waals surface area contributed by atoms with Gasteiger partial charge in [-0.3, -0.25) is 4.79 Å². The molecule has 0 aromatic rings. The number of oxime groups is 1. The van der Waals surface area contributed by atoms with Crippen molar-refractivity contribution in [2.45, 2.75) is 98.2 Å². The highest BCUT2D eigenvalue weighted by atomic mass is 16.7. The van der Waals surface area contributed by atoms with E-state index in [9.17, 15) is 14.4 Å². The first-order valence-corrected chi connectivity index (χ1v) is 14.8. The number of hydrogen-bond donors (Lipinski definition) is 1. The highest BCUT2D eigenvalue weighted by molar-refractivity contribution is 6.38. The Kier molecular flexibility index (Phi) is 7.50. The van der Waals surface area contributed by atoms with Crippen molar-refractivity contribution < 1.29 is 33.4 Å².